The second-order valence-corrected chi connectivity index (χ2v) is 5.48. The van der Waals surface area contributed by atoms with Crippen molar-refractivity contribution in [2.24, 2.45) is 5.92 Å². The van der Waals surface area contributed by atoms with Crippen LogP contribution in [0.3, 0.4) is 0 Å². The monoisotopic (exact) mass is 266 g/mol. The Bertz CT molecular complexity index is 407. The van der Waals surface area contributed by atoms with Crippen LogP contribution in [0.15, 0.2) is 12.3 Å². The Morgan fingerprint density at radius 3 is 3.00 bits per heavy atom. The fourth-order valence-corrected chi connectivity index (χ4v) is 2.06. The van der Waals surface area contributed by atoms with Crippen LogP contribution in [0.25, 0.3) is 0 Å². The zero-order valence-electron chi connectivity index (χ0n) is 11.8. The SMILES string of the molecule is CCCC(C)COc1ncc(F)cc1CNC1CC1. The van der Waals surface area contributed by atoms with Gasteiger partial charge in [-0.05, 0) is 31.2 Å². The van der Waals surface area contributed by atoms with Crippen molar-refractivity contribution >= 4 is 0 Å². The summed E-state index contributed by atoms with van der Waals surface area (Å²) in [6.45, 7) is 5.60. The molecule has 1 aromatic rings. The molecule has 1 atom stereocenters. The molecule has 0 aromatic carbocycles. The van der Waals surface area contributed by atoms with E-state index >= 15 is 0 Å². The van der Waals surface area contributed by atoms with Gasteiger partial charge in [0.25, 0.3) is 0 Å². The van der Waals surface area contributed by atoms with E-state index in [1.807, 2.05) is 0 Å². The van der Waals surface area contributed by atoms with Crippen molar-refractivity contribution in [2.75, 3.05) is 6.61 Å². The minimum Gasteiger partial charge on any atom is -0.477 e. The van der Waals surface area contributed by atoms with Gasteiger partial charge in [0.15, 0.2) is 0 Å². The van der Waals surface area contributed by atoms with Crippen molar-refractivity contribution in [3.63, 3.8) is 0 Å². The van der Waals surface area contributed by atoms with Gasteiger partial charge in [0.2, 0.25) is 5.88 Å². The van der Waals surface area contributed by atoms with E-state index in [2.05, 4.69) is 24.1 Å². The minimum atomic E-state index is -0.304. The molecule has 0 saturated heterocycles. The fraction of sp³-hybridized carbons (Fsp3) is 0.667. The predicted octanol–water partition coefficient (Wildman–Crippen LogP) is 3.29. The Balaban J connectivity index is 1.92. The molecule has 0 spiro atoms. The van der Waals surface area contributed by atoms with Gasteiger partial charge in [-0.3, -0.25) is 0 Å². The number of hydrogen-bond acceptors (Lipinski definition) is 3. The predicted molar refractivity (Wildman–Crippen MR) is 73.6 cm³/mol. The smallest absolute Gasteiger partial charge is 0.218 e. The van der Waals surface area contributed by atoms with Gasteiger partial charge in [-0.1, -0.05) is 20.3 Å². The summed E-state index contributed by atoms with van der Waals surface area (Å²) < 4.78 is 19.0. The lowest BCUT2D eigenvalue weighted by Gasteiger charge is -2.14. The number of nitrogens with one attached hydrogen (secondary N) is 1. The molecule has 1 fully saturated rings. The molecule has 1 aromatic heterocycles. The van der Waals surface area contributed by atoms with Crippen LogP contribution in [0.1, 0.15) is 45.1 Å². The van der Waals surface area contributed by atoms with Crippen LogP contribution >= 0.6 is 0 Å². The summed E-state index contributed by atoms with van der Waals surface area (Å²) in [6, 6.07) is 2.11. The summed E-state index contributed by atoms with van der Waals surface area (Å²) in [5.41, 5.74) is 0.815. The second kappa shape index (κ2) is 6.85. The van der Waals surface area contributed by atoms with E-state index in [-0.39, 0.29) is 5.82 Å². The third kappa shape index (κ3) is 4.78. The highest BCUT2D eigenvalue weighted by atomic mass is 19.1. The van der Waals surface area contributed by atoms with Gasteiger partial charge in [0.1, 0.15) is 5.82 Å². The van der Waals surface area contributed by atoms with Crippen molar-refractivity contribution in [1.82, 2.24) is 10.3 Å². The van der Waals surface area contributed by atoms with Crippen molar-refractivity contribution in [3.05, 3.63) is 23.6 Å². The molecule has 0 bridgehead atoms. The first kappa shape index (κ1) is 14.3. The first-order chi connectivity index (χ1) is 9.19. The van der Waals surface area contributed by atoms with Crippen LogP contribution in [0, 0.1) is 11.7 Å². The van der Waals surface area contributed by atoms with Gasteiger partial charge >= 0.3 is 0 Å². The largest absolute Gasteiger partial charge is 0.477 e. The molecule has 1 saturated carbocycles. The van der Waals surface area contributed by atoms with Crippen molar-refractivity contribution in [3.8, 4) is 5.88 Å². The number of pyridine rings is 1. The lowest BCUT2D eigenvalue weighted by Crippen LogP contribution is -2.17. The molecule has 0 aliphatic heterocycles. The molecule has 1 N–H and O–H groups in total. The van der Waals surface area contributed by atoms with E-state index in [9.17, 15) is 4.39 Å². The third-order valence-corrected chi connectivity index (χ3v) is 3.34. The maximum atomic E-state index is 13.3. The first-order valence-corrected chi connectivity index (χ1v) is 7.19. The summed E-state index contributed by atoms with van der Waals surface area (Å²) in [4.78, 5) is 4.07. The van der Waals surface area contributed by atoms with E-state index in [4.69, 9.17) is 4.74 Å². The molecule has 3 nitrogen and oxygen atoms in total. The highest BCUT2D eigenvalue weighted by Gasteiger charge is 2.21. The summed E-state index contributed by atoms with van der Waals surface area (Å²) in [7, 11) is 0. The van der Waals surface area contributed by atoms with E-state index in [1.165, 1.54) is 25.1 Å². The minimum absolute atomic E-state index is 0.304. The van der Waals surface area contributed by atoms with Crippen molar-refractivity contribution in [1.29, 1.82) is 0 Å². The molecule has 1 aliphatic carbocycles. The van der Waals surface area contributed by atoms with E-state index in [1.54, 1.807) is 0 Å². The highest BCUT2D eigenvalue weighted by molar-refractivity contribution is 5.26. The topological polar surface area (TPSA) is 34.1 Å². The molecule has 2 rings (SSSR count). The normalized spacial score (nSPS) is 16.4. The Morgan fingerprint density at radius 2 is 2.32 bits per heavy atom. The van der Waals surface area contributed by atoms with Crippen LogP contribution in [-0.2, 0) is 6.54 Å². The molecule has 0 radical (unpaired) electrons. The van der Waals surface area contributed by atoms with Crippen LogP contribution in [0.4, 0.5) is 4.39 Å². The standard InChI is InChI=1S/C15H23FN2O/c1-3-4-11(2)10-19-15-12(7-13(16)9-18-15)8-17-14-5-6-14/h7,9,11,14,17H,3-6,8,10H2,1-2H3. The highest BCUT2D eigenvalue weighted by Crippen LogP contribution is 2.22. The Morgan fingerprint density at radius 1 is 1.53 bits per heavy atom. The van der Waals surface area contributed by atoms with Gasteiger partial charge in [0.05, 0.1) is 12.8 Å². The molecule has 4 heteroatoms. The Hall–Kier alpha value is -1.16. The number of hydrogen-bond donors (Lipinski definition) is 1. The van der Waals surface area contributed by atoms with Crippen LogP contribution < -0.4 is 10.1 Å². The number of nitrogens with zero attached hydrogens (tertiary/aromatic N) is 1. The molecule has 1 unspecified atom stereocenters. The number of rotatable bonds is 8. The van der Waals surface area contributed by atoms with Gasteiger partial charge in [-0.25, -0.2) is 9.37 Å². The quantitative estimate of drug-likeness (QED) is 0.784. The summed E-state index contributed by atoms with van der Waals surface area (Å²) in [6.07, 6.45) is 5.94. The van der Waals surface area contributed by atoms with E-state index < -0.39 is 0 Å². The third-order valence-electron chi connectivity index (χ3n) is 3.34. The van der Waals surface area contributed by atoms with Gasteiger partial charge in [-0.15, -0.1) is 0 Å². The van der Waals surface area contributed by atoms with Gasteiger partial charge < -0.3 is 10.1 Å². The first-order valence-electron chi connectivity index (χ1n) is 7.19. The molecule has 1 aliphatic rings. The number of ether oxygens (including phenoxy) is 1. The van der Waals surface area contributed by atoms with E-state index in [0.29, 0.717) is 31.0 Å². The molecule has 0 amide bonds. The van der Waals surface area contributed by atoms with Crippen molar-refractivity contribution < 1.29 is 9.13 Å². The summed E-state index contributed by atoms with van der Waals surface area (Å²) >= 11 is 0. The Kier molecular flexibility index (Phi) is 5.14. The van der Waals surface area contributed by atoms with Crippen LogP contribution in [0.2, 0.25) is 0 Å². The zero-order chi connectivity index (χ0) is 13.7. The molecular weight excluding hydrogens is 243 g/mol. The molecular formula is C15H23FN2O. The van der Waals surface area contributed by atoms with Crippen molar-refractivity contribution in [2.45, 2.75) is 52.1 Å². The number of aromatic nitrogens is 1. The lowest BCUT2D eigenvalue weighted by atomic mass is 10.1. The molecule has 19 heavy (non-hydrogen) atoms. The lowest BCUT2D eigenvalue weighted by molar-refractivity contribution is 0.239. The van der Waals surface area contributed by atoms with Crippen LogP contribution in [0.5, 0.6) is 5.88 Å². The summed E-state index contributed by atoms with van der Waals surface area (Å²) in [5.74, 6) is 0.764. The molecule has 106 valence electrons. The fourth-order valence-electron chi connectivity index (χ4n) is 2.06. The van der Waals surface area contributed by atoms with Gasteiger partial charge in [0, 0.05) is 18.2 Å². The van der Waals surface area contributed by atoms with Gasteiger partial charge in [-0.2, -0.15) is 0 Å². The average Bonchev–Trinajstić information content (AvgIpc) is 3.19. The zero-order valence-corrected chi connectivity index (χ0v) is 11.8. The summed E-state index contributed by atoms with van der Waals surface area (Å²) in [5, 5.41) is 3.37. The van der Waals surface area contributed by atoms with E-state index in [0.717, 1.165) is 18.4 Å². The second-order valence-electron chi connectivity index (χ2n) is 5.48. The molecule has 1 heterocycles. The maximum absolute atomic E-state index is 13.3. The number of halogens is 1. The average molecular weight is 266 g/mol. The maximum Gasteiger partial charge on any atom is 0.218 e. The van der Waals surface area contributed by atoms with Crippen LogP contribution in [-0.4, -0.2) is 17.6 Å². The Labute approximate surface area is 114 Å².